The predicted molar refractivity (Wildman–Crippen MR) is 102 cm³/mol. The van der Waals surface area contributed by atoms with Gasteiger partial charge in [-0.15, -0.1) is 0 Å². The number of nitrogens with zero attached hydrogens (tertiary/aromatic N) is 1. The first-order valence-corrected chi connectivity index (χ1v) is 9.96. The summed E-state index contributed by atoms with van der Waals surface area (Å²) in [4.78, 5) is 2.51. The van der Waals surface area contributed by atoms with E-state index < -0.39 is 0 Å². The van der Waals surface area contributed by atoms with Crippen LogP contribution in [-0.2, 0) is 11.2 Å². The van der Waals surface area contributed by atoms with E-state index in [2.05, 4.69) is 11.0 Å². The molecule has 0 amide bonds. The molecule has 1 N–H and O–H groups in total. The Morgan fingerprint density at radius 2 is 1.85 bits per heavy atom. The number of benzene rings is 1. The second-order valence-corrected chi connectivity index (χ2v) is 7.42. The van der Waals surface area contributed by atoms with E-state index in [0.29, 0.717) is 18.7 Å². The first-order chi connectivity index (χ1) is 12.8. The first kappa shape index (κ1) is 19.5. The van der Waals surface area contributed by atoms with Crippen molar-refractivity contribution < 1.29 is 19.3 Å². The maximum atomic E-state index is 9.67. The van der Waals surface area contributed by atoms with Crippen LogP contribution in [0.2, 0.25) is 0 Å². The van der Waals surface area contributed by atoms with Gasteiger partial charge in [0.15, 0.2) is 11.5 Å². The highest BCUT2D eigenvalue weighted by Gasteiger charge is 2.36. The van der Waals surface area contributed by atoms with Gasteiger partial charge in [-0.1, -0.05) is 18.9 Å². The van der Waals surface area contributed by atoms with Crippen LogP contribution in [0.4, 0.5) is 0 Å². The maximum absolute atomic E-state index is 9.67. The summed E-state index contributed by atoms with van der Waals surface area (Å²) in [5, 5.41) is 9.67. The van der Waals surface area contributed by atoms with Crippen molar-refractivity contribution in [2.45, 2.75) is 63.1 Å². The lowest BCUT2D eigenvalue weighted by molar-refractivity contribution is -0.0442. The minimum atomic E-state index is 0.273. The second-order valence-electron chi connectivity index (χ2n) is 7.42. The molecular formula is C21H33NO4. The van der Waals surface area contributed by atoms with Crippen LogP contribution >= 0.6 is 0 Å². The standard InChI is InChI=1S/C21H33NO4/c1-24-20-10-9-16(14-21(20)25-2)11-13-26-19-8-4-3-7-18(19)22-12-5-6-17(22)15-23/h9-10,14,17-19,23H,3-8,11-13,15H2,1-2H3/t17-,18+,19+/m1/s1. The van der Waals surface area contributed by atoms with Gasteiger partial charge in [0.1, 0.15) is 0 Å². The monoisotopic (exact) mass is 363 g/mol. The van der Waals surface area contributed by atoms with Crippen LogP contribution in [0.15, 0.2) is 18.2 Å². The molecule has 1 aromatic carbocycles. The molecular weight excluding hydrogens is 330 g/mol. The van der Waals surface area contributed by atoms with E-state index >= 15 is 0 Å². The number of likely N-dealkylation sites (tertiary alicyclic amines) is 1. The molecule has 2 fully saturated rings. The van der Waals surface area contributed by atoms with Crippen LogP contribution in [0.5, 0.6) is 11.5 Å². The molecule has 1 saturated heterocycles. The fourth-order valence-electron chi connectivity index (χ4n) is 4.51. The molecule has 26 heavy (non-hydrogen) atoms. The number of hydrogen-bond acceptors (Lipinski definition) is 5. The lowest BCUT2D eigenvalue weighted by atomic mass is 9.90. The molecule has 1 saturated carbocycles. The largest absolute Gasteiger partial charge is 0.493 e. The Balaban J connectivity index is 1.55. The van der Waals surface area contributed by atoms with Crippen LogP contribution in [0, 0.1) is 0 Å². The molecule has 1 aromatic rings. The summed E-state index contributed by atoms with van der Waals surface area (Å²) in [5.41, 5.74) is 1.20. The normalized spacial score (nSPS) is 26.8. The van der Waals surface area contributed by atoms with Crippen molar-refractivity contribution in [2.75, 3.05) is 34.0 Å². The summed E-state index contributed by atoms with van der Waals surface area (Å²) < 4.78 is 17.0. The van der Waals surface area contributed by atoms with E-state index in [9.17, 15) is 5.11 Å². The lowest BCUT2D eigenvalue weighted by Crippen LogP contribution is -2.49. The van der Waals surface area contributed by atoms with Crippen LogP contribution in [0.3, 0.4) is 0 Å². The van der Waals surface area contributed by atoms with Gasteiger partial charge in [-0.05, 0) is 56.3 Å². The van der Waals surface area contributed by atoms with Crippen LogP contribution in [0.1, 0.15) is 44.1 Å². The highest BCUT2D eigenvalue weighted by Crippen LogP contribution is 2.31. The Bertz CT molecular complexity index is 565. The van der Waals surface area contributed by atoms with Gasteiger partial charge < -0.3 is 19.3 Å². The SMILES string of the molecule is COc1ccc(CCO[C@H]2CCCC[C@@H]2N2CCC[C@@H]2CO)cc1OC. The van der Waals surface area contributed by atoms with Gasteiger partial charge >= 0.3 is 0 Å². The minimum Gasteiger partial charge on any atom is -0.493 e. The smallest absolute Gasteiger partial charge is 0.160 e. The number of ether oxygens (including phenoxy) is 3. The lowest BCUT2D eigenvalue weighted by Gasteiger charge is -2.40. The molecule has 0 aromatic heterocycles. The van der Waals surface area contributed by atoms with Crippen molar-refractivity contribution in [1.29, 1.82) is 0 Å². The summed E-state index contributed by atoms with van der Waals surface area (Å²) in [5.74, 6) is 1.52. The third-order valence-corrected chi connectivity index (χ3v) is 5.90. The van der Waals surface area contributed by atoms with Gasteiger partial charge in [-0.25, -0.2) is 0 Å². The number of aliphatic hydroxyl groups excluding tert-OH is 1. The number of hydrogen-bond donors (Lipinski definition) is 1. The van der Waals surface area contributed by atoms with Gasteiger partial charge in [0.25, 0.3) is 0 Å². The Morgan fingerprint density at radius 1 is 1.04 bits per heavy atom. The van der Waals surface area contributed by atoms with Crippen molar-refractivity contribution >= 4 is 0 Å². The second kappa shape index (κ2) is 9.58. The van der Waals surface area contributed by atoms with Crippen molar-refractivity contribution in [3.8, 4) is 11.5 Å². The van der Waals surface area contributed by atoms with Gasteiger partial charge in [-0.2, -0.15) is 0 Å². The predicted octanol–water partition coefficient (Wildman–Crippen LogP) is 3.03. The molecule has 1 heterocycles. The van der Waals surface area contributed by atoms with E-state index in [-0.39, 0.29) is 12.7 Å². The Labute approximate surface area is 157 Å². The van der Waals surface area contributed by atoms with Crippen LogP contribution in [0.25, 0.3) is 0 Å². The molecule has 5 nitrogen and oxygen atoms in total. The zero-order valence-corrected chi connectivity index (χ0v) is 16.2. The summed E-state index contributed by atoms with van der Waals surface area (Å²) in [7, 11) is 3.32. The molecule has 146 valence electrons. The summed E-state index contributed by atoms with van der Waals surface area (Å²) >= 11 is 0. The Hall–Kier alpha value is -1.30. The van der Waals surface area contributed by atoms with E-state index in [0.717, 1.165) is 37.3 Å². The van der Waals surface area contributed by atoms with Gasteiger partial charge in [0.05, 0.1) is 33.5 Å². The topological polar surface area (TPSA) is 51.2 Å². The number of methoxy groups -OCH3 is 2. The molecule has 2 aliphatic rings. The molecule has 1 aliphatic carbocycles. The third-order valence-electron chi connectivity index (χ3n) is 5.90. The van der Waals surface area contributed by atoms with E-state index in [4.69, 9.17) is 14.2 Å². The van der Waals surface area contributed by atoms with Crippen molar-refractivity contribution in [3.05, 3.63) is 23.8 Å². The summed E-state index contributed by atoms with van der Waals surface area (Å²) in [6.07, 6.45) is 8.31. The molecule has 5 heteroatoms. The third kappa shape index (κ3) is 4.51. The molecule has 1 aliphatic heterocycles. The summed E-state index contributed by atoms with van der Waals surface area (Å²) in [6, 6.07) is 6.85. The zero-order valence-electron chi connectivity index (χ0n) is 16.2. The van der Waals surface area contributed by atoms with Gasteiger partial charge in [0.2, 0.25) is 0 Å². The highest BCUT2D eigenvalue weighted by atomic mass is 16.5. The zero-order chi connectivity index (χ0) is 18.4. The van der Waals surface area contributed by atoms with Gasteiger partial charge in [-0.3, -0.25) is 4.90 Å². The molecule has 0 bridgehead atoms. The van der Waals surface area contributed by atoms with Crippen molar-refractivity contribution in [1.82, 2.24) is 4.90 Å². The van der Waals surface area contributed by atoms with E-state index in [1.54, 1.807) is 14.2 Å². The average molecular weight is 363 g/mol. The minimum absolute atomic E-state index is 0.273. The molecule has 3 rings (SSSR count). The maximum Gasteiger partial charge on any atom is 0.160 e. The fraction of sp³-hybridized carbons (Fsp3) is 0.714. The van der Waals surface area contributed by atoms with Crippen LogP contribution < -0.4 is 9.47 Å². The fourth-order valence-corrected chi connectivity index (χ4v) is 4.51. The molecule has 0 unspecified atom stereocenters. The molecule has 3 atom stereocenters. The Morgan fingerprint density at radius 3 is 2.62 bits per heavy atom. The highest BCUT2D eigenvalue weighted by molar-refractivity contribution is 5.42. The first-order valence-electron chi connectivity index (χ1n) is 9.96. The quantitative estimate of drug-likeness (QED) is 0.769. The molecule has 0 spiro atoms. The molecule has 0 radical (unpaired) electrons. The van der Waals surface area contributed by atoms with Crippen LogP contribution in [-0.4, -0.2) is 62.2 Å². The van der Waals surface area contributed by atoms with E-state index in [1.807, 2.05) is 12.1 Å². The van der Waals surface area contributed by atoms with Crippen molar-refractivity contribution in [3.63, 3.8) is 0 Å². The number of aliphatic hydroxyl groups is 1. The van der Waals surface area contributed by atoms with Gasteiger partial charge in [0, 0.05) is 12.1 Å². The average Bonchev–Trinajstić information content (AvgIpc) is 3.16. The number of rotatable bonds is 8. The summed E-state index contributed by atoms with van der Waals surface area (Å²) in [6.45, 7) is 2.09. The van der Waals surface area contributed by atoms with E-state index in [1.165, 1.54) is 31.2 Å². The Kier molecular flexibility index (Phi) is 7.17. The van der Waals surface area contributed by atoms with Crippen molar-refractivity contribution in [2.24, 2.45) is 0 Å².